The average molecular weight is 337 g/mol. The van der Waals surface area contributed by atoms with Crippen molar-refractivity contribution >= 4 is 17.2 Å². The van der Waals surface area contributed by atoms with Gasteiger partial charge < -0.3 is 15.7 Å². The number of amides is 1. The maximum absolute atomic E-state index is 12.8. The Kier molecular flexibility index (Phi) is 5.34. The summed E-state index contributed by atoms with van der Waals surface area (Å²) in [6.07, 6.45) is 4.51. The van der Waals surface area contributed by atoms with Crippen LogP contribution in [0.3, 0.4) is 0 Å². The molecule has 2 fully saturated rings. The van der Waals surface area contributed by atoms with Crippen molar-refractivity contribution in [1.29, 1.82) is 0 Å². The van der Waals surface area contributed by atoms with E-state index in [2.05, 4.69) is 22.5 Å². The first-order chi connectivity index (χ1) is 11.1. The van der Waals surface area contributed by atoms with Gasteiger partial charge in [-0.25, -0.2) is 4.98 Å². The highest BCUT2D eigenvalue weighted by molar-refractivity contribution is 7.13. The molecule has 1 aromatic heterocycles. The molecule has 5 nitrogen and oxygen atoms in total. The third-order valence-corrected chi connectivity index (χ3v) is 6.50. The molecule has 1 saturated carbocycles. The normalized spacial score (nSPS) is 26.6. The van der Waals surface area contributed by atoms with Gasteiger partial charge >= 0.3 is 0 Å². The van der Waals surface area contributed by atoms with Crippen LogP contribution >= 0.6 is 11.3 Å². The number of nitrogens with one attached hydrogen (secondary N) is 2. The van der Waals surface area contributed by atoms with Crippen molar-refractivity contribution in [3.05, 3.63) is 15.6 Å². The lowest BCUT2D eigenvalue weighted by molar-refractivity contribution is 0.00922. The fourth-order valence-corrected chi connectivity index (χ4v) is 4.69. The second-order valence-corrected chi connectivity index (χ2v) is 7.93. The summed E-state index contributed by atoms with van der Waals surface area (Å²) >= 11 is 1.51. The largest absolute Gasteiger partial charge is 0.393 e. The molecule has 1 atom stereocenters. The van der Waals surface area contributed by atoms with E-state index < -0.39 is 0 Å². The van der Waals surface area contributed by atoms with Crippen molar-refractivity contribution in [2.24, 2.45) is 11.8 Å². The van der Waals surface area contributed by atoms with Gasteiger partial charge in [0.15, 0.2) is 0 Å². The van der Waals surface area contributed by atoms with E-state index in [-0.39, 0.29) is 18.1 Å². The number of aryl methyl sites for hydroxylation is 2. The van der Waals surface area contributed by atoms with Crippen LogP contribution in [0.15, 0.2) is 0 Å². The number of rotatable bonds is 5. The monoisotopic (exact) mass is 337 g/mol. The lowest BCUT2D eigenvalue weighted by Gasteiger charge is -2.43. The minimum Gasteiger partial charge on any atom is -0.393 e. The van der Waals surface area contributed by atoms with Gasteiger partial charge in [0.25, 0.3) is 5.91 Å². The zero-order valence-electron chi connectivity index (χ0n) is 14.0. The molecule has 3 rings (SSSR count). The number of carbonyl (C=O) groups is 1. The van der Waals surface area contributed by atoms with Crippen LogP contribution in [-0.4, -0.2) is 41.2 Å². The van der Waals surface area contributed by atoms with Crippen LogP contribution in [0.1, 0.15) is 53.0 Å². The molecule has 0 aromatic carbocycles. The van der Waals surface area contributed by atoms with Crippen LogP contribution in [0.5, 0.6) is 0 Å². The van der Waals surface area contributed by atoms with E-state index in [9.17, 15) is 9.90 Å². The topological polar surface area (TPSA) is 74.2 Å². The SMILES string of the molecule is CCc1nc(C)c(C(=O)NC(C2CCNCC2)C2CC(O)C2)s1. The molecule has 3 N–H and O–H groups in total. The summed E-state index contributed by atoms with van der Waals surface area (Å²) in [5.41, 5.74) is 0.835. The van der Waals surface area contributed by atoms with E-state index in [1.165, 1.54) is 11.3 Å². The minimum atomic E-state index is -0.182. The van der Waals surface area contributed by atoms with Gasteiger partial charge in [0.1, 0.15) is 4.88 Å². The lowest BCUT2D eigenvalue weighted by Crippen LogP contribution is -2.52. The van der Waals surface area contributed by atoms with Crippen LogP contribution in [0, 0.1) is 18.8 Å². The van der Waals surface area contributed by atoms with E-state index in [1.807, 2.05) is 6.92 Å². The highest BCUT2D eigenvalue weighted by atomic mass is 32.1. The molecule has 2 aliphatic rings. The summed E-state index contributed by atoms with van der Waals surface area (Å²) in [4.78, 5) is 18.0. The second kappa shape index (κ2) is 7.28. The van der Waals surface area contributed by atoms with Gasteiger partial charge in [0, 0.05) is 6.04 Å². The Morgan fingerprint density at radius 2 is 2.09 bits per heavy atom. The number of nitrogens with zero attached hydrogens (tertiary/aromatic N) is 1. The first kappa shape index (κ1) is 16.9. The summed E-state index contributed by atoms with van der Waals surface area (Å²) < 4.78 is 0. The zero-order valence-corrected chi connectivity index (χ0v) is 14.8. The predicted molar refractivity (Wildman–Crippen MR) is 91.8 cm³/mol. The van der Waals surface area contributed by atoms with E-state index >= 15 is 0 Å². The Hall–Kier alpha value is -0.980. The maximum Gasteiger partial charge on any atom is 0.263 e. The van der Waals surface area contributed by atoms with Crippen molar-refractivity contribution < 1.29 is 9.90 Å². The van der Waals surface area contributed by atoms with E-state index in [4.69, 9.17) is 0 Å². The van der Waals surface area contributed by atoms with Crippen LogP contribution < -0.4 is 10.6 Å². The smallest absolute Gasteiger partial charge is 0.263 e. The predicted octanol–water partition coefficient (Wildman–Crippen LogP) is 1.88. The van der Waals surface area contributed by atoms with Crippen LogP contribution in [0.2, 0.25) is 0 Å². The molecule has 1 saturated heterocycles. The van der Waals surface area contributed by atoms with Crippen molar-refractivity contribution in [1.82, 2.24) is 15.6 Å². The molecule has 0 spiro atoms. The Morgan fingerprint density at radius 1 is 1.39 bits per heavy atom. The first-order valence-electron chi connectivity index (χ1n) is 8.74. The van der Waals surface area contributed by atoms with E-state index in [0.717, 1.165) is 60.8 Å². The number of aliphatic hydroxyl groups is 1. The fraction of sp³-hybridized carbons (Fsp3) is 0.765. The number of aliphatic hydroxyl groups excluding tert-OH is 1. The molecule has 0 radical (unpaired) electrons. The molecular formula is C17H27N3O2S. The molecule has 1 aliphatic heterocycles. The summed E-state index contributed by atoms with van der Waals surface area (Å²) in [7, 11) is 0. The summed E-state index contributed by atoms with van der Waals surface area (Å²) in [6.45, 7) is 6.02. The van der Waals surface area contributed by atoms with Gasteiger partial charge in [0.2, 0.25) is 0 Å². The number of thiazole rings is 1. The molecule has 2 heterocycles. The number of hydrogen-bond acceptors (Lipinski definition) is 5. The Bertz CT molecular complexity index is 548. The number of aromatic nitrogens is 1. The molecule has 23 heavy (non-hydrogen) atoms. The van der Waals surface area contributed by atoms with E-state index in [0.29, 0.717) is 11.8 Å². The second-order valence-electron chi connectivity index (χ2n) is 6.85. The average Bonchev–Trinajstić information content (AvgIpc) is 2.92. The van der Waals surface area contributed by atoms with Gasteiger partial charge in [0.05, 0.1) is 16.8 Å². The van der Waals surface area contributed by atoms with Crippen LogP contribution in [0.4, 0.5) is 0 Å². The molecule has 1 aromatic rings. The van der Waals surface area contributed by atoms with Gasteiger partial charge in [-0.05, 0) is 64.0 Å². The molecule has 0 bridgehead atoms. The molecule has 1 amide bonds. The van der Waals surface area contributed by atoms with Gasteiger partial charge in [-0.3, -0.25) is 4.79 Å². The fourth-order valence-electron chi connectivity index (χ4n) is 3.78. The molecule has 1 unspecified atom stereocenters. The third-order valence-electron chi connectivity index (χ3n) is 5.20. The Balaban J connectivity index is 1.71. The number of hydrogen-bond donors (Lipinski definition) is 3. The molecular weight excluding hydrogens is 310 g/mol. The van der Waals surface area contributed by atoms with Gasteiger partial charge in [-0.15, -0.1) is 11.3 Å². The number of carbonyl (C=O) groups excluding carboxylic acids is 1. The van der Waals surface area contributed by atoms with Crippen molar-refractivity contribution in [2.75, 3.05) is 13.1 Å². The first-order valence-corrected chi connectivity index (χ1v) is 9.56. The van der Waals surface area contributed by atoms with Gasteiger partial charge in [-0.2, -0.15) is 0 Å². The summed E-state index contributed by atoms with van der Waals surface area (Å²) in [6, 6.07) is 0.180. The zero-order chi connectivity index (χ0) is 16.4. The Labute approximate surface area is 141 Å². The number of piperidine rings is 1. The van der Waals surface area contributed by atoms with Crippen LogP contribution in [-0.2, 0) is 6.42 Å². The summed E-state index contributed by atoms with van der Waals surface area (Å²) in [5.74, 6) is 0.942. The molecule has 6 heteroatoms. The van der Waals surface area contributed by atoms with Gasteiger partial charge in [-0.1, -0.05) is 6.92 Å². The van der Waals surface area contributed by atoms with Crippen molar-refractivity contribution in [3.8, 4) is 0 Å². The minimum absolute atomic E-state index is 0.0182. The quantitative estimate of drug-likeness (QED) is 0.767. The maximum atomic E-state index is 12.8. The highest BCUT2D eigenvalue weighted by Crippen LogP contribution is 2.36. The standard InChI is InChI=1S/C17H27N3O2S/c1-3-14-19-10(2)16(23-14)17(22)20-15(12-8-13(21)9-12)11-4-6-18-7-5-11/h11-13,15,18,21H,3-9H2,1-2H3,(H,20,22). The third kappa shape index (κ3) is 3.75. The Morgan fingerprint density at radius 3 is 2.65 bits per heavy atom. The van der Waals surface area contributed by atoms with E-state index in [1.54, 1.807) is 0 Å². The van der Waals surface area contributed by atoms with Crippen LogP contribution in [0.25, 0.3) is 0 Å². The lowest BCUT2D eigenvalue weighted by atomic mass is 9.71. The van der Waals surface area contributed by atoms with Crippen molar-refractivity contribution in [2.45, 2.75) is 58.1 Å². The molecule has 128 valence electrons. The summed E-state index contributed by atoms with van der Waals surface area (Å²) in [5, 5.41) is 17.4. The molecule has 1 aliphatic carbocycles. The van der Waals surface area contributed by atoms with Crippen molar-refractivity contribution in [3.63, 3.8) is 0 Å². The highest BCUT2D eigenvalue weighted by Gasteiger charge is 2.39.